The van der Waals surface area contributed by atoms with Crippen LogP contribution < -0.4 is 5.73 Å². The molecule has 1 aromatic rings. The van der Waals surface area contributed by atoms with E-state index < -0.39 is 0 Å². The third kappa shape index (κ3) is 3.32. The summed E-state index contributed by atoms with van der Waals surface area (Å²) in [5.41, 5.74) is 7.36. The molecule has 0 bridgehead atoms. The van der Waals surface area contributed by atoms with E-state index in [0.717, 1.165) is 51.3 Å². The smallest absolute Gasteiger partial charge is 0.0544 e. The van der Waals surface area contributed by atoms with E-state index in [2.05, 4.69) is 34.8 Å². The minimum absolute atomic E-state index is 0.142. The van der Waals surface area contributed by atoms with E-state index in [1.54, 1.807) is 0 Å². The van der Waals surface area contributed by atoms with Gasteiger partial charge in [0.2, 0.25) is 0 Å². The van der Waals surface area contributed by atoms with Crippen molar-refractivity contribution in [2.45, 2.75) is 31.8 Å². The maximum absolute atomic E-state index is 6.10. The zero-order valence-electron chi connectivity index (χ0n) is 12.2. The van der Waals surface area contributed by atoms with E-state index in [-0.39, 0.29) is 5.54 Å². The Kier molecular flexibility index (Phi) is 4.91. The molecule has 0 amide bonds. The van der Waals surface area contributed by atoms with E-state index >= 15 is 0 Å². The largest absolute Gasteiger partial charge is 0.329 e. The standard InChI is InChI=1S/C15H26N4/c1-3-19-10-7-15(13-16,8-11-19)18(2)12-14-6-4-5-9-17-14/h4-6,9H,3,7-8,10-13,16H2,1-2H3. The number of piperidine rings is 1. The summed E-state index contributed by atoms with van der Waals surface area (Å²) in [5.74, 6) is 0. The summed E-state index contributed by atoms with van der Waals surface area (Å²) in [6, 6.07) is 6.09. The van der Waals surface area contributed by atoms with Crippen LogP contribution in [-0.2, 0) is 6.54 Å². The lowest BCUT2D eigenvalue weighted by Crippen LogP contribution is -2.57. The highest BCUT2D eigenvalue weighted by atomic mass is 15.2. The molecule has 1 fully saturated rings. The SMILES string of the molecule is CCN1CCC(CN)(N(C)Cc2ccccn2)CC1. The lowest BCUT2D eigenvalue weighted by molar-refractivity contribution is 0.0411. The van der Waals surface area contributed by atoms with Gasteiger partial charge in [0.1, 0.15) is 0 Å². The molecule has 106 valence electrons. The fraction of sp³-hybridized carbons (Fsp3) is 0.667. The topological polar surface area (TPSA) is 45.4 Å². The Morgan fingerprint density at radius 2 is 2.11 bits per heavy atom. The van der Waals surface area contributed by atoms with Crippen molar-refractivity contribution in [3.8, 4) is 0 Å². The van der Waals surface area contributed by atoms with Crippen molar-refractivity contribution in [3.63, 3.8) is 0 Å². The third-order valence-corrected chi connectivity index (χ3v) is 4.55. The van der Waals surface area contributed by atoms with E-state index in [0.29, 0.717) is 0 Å². The van der Waals surface area contributed by atoms with Gasteiger partial charge in [-0.25, -0.2) is 0 Å². The maximum atomic E-state index is 6.10. The van der Waals surface area contributed by atoms with Crippen LogP contribution in [0.2, 0.25) is 0 Å². The molecule has 2 heterocycles. The van der Waals surface area contributed by atoms with Crippen LogP contribution >= 0.6 is 0 Å². The highest BCUT2D eigenvalue weighted by molar-refractivity contribution is 5.05. The Morgan fingerprint density at radius 3 is 2.63 bits per heavy atom. The Bertz CT molecular complexity index is 371. The molecule has 1 aromatic heterocycles. The van der Waals surface area contributed by atoms with Gasteiger partial charge in [0.25, 0.3) is 0 Å². The van der Waals surface area contributed by atoms with Gasteiger partial charge in [-0.2, -0.15) is 0 Å². The Morgan fingerprint density at radius 1 is 1.37 bits per heavy atom. The number of nitrogens with two attached hydrogens (primary N) is 1. The van der Waals surface area contributed by atoms with Gasteiger partial charge in [0.15, 0.2) is 0 Å². The van der Waals surface area contributed by atoms with Crippen LogP contribution in [0.15, 0.2) is 24.4 Å². The highest BCUT2D eigenvalue weighted by Crippen LogP contribution is 2.28. The number of likely N-dealkylation sites (N-methyl/N-ethyl adjacent to an activating group) is 1. The monoisotopic (exact) mass is 262 g/mol. The lowest BCUT2D eigenvalue weighted by atomic mass is 9.85. The molecule has 4 heteroatoms. The number of pyridine rings is 1. The predicted molar refractivity (Wildman–Crippen MR) is 78.8 cm³/mol. The minimum Gasteiger partial charge on any atom is -0.329 e. The normalized spacial score (nSPS) is 19.8. The third-order valence-electron chi connectivity index (χ3n) is 4.55. The molecule has 1 aliphatic heterocycles. The zero-order chi connectivity index (χ0) is 13.7. The molecule has 0 unspecified atom stereocenters. The quantitative estimate of drug-likeness (QED) is 0.869. The van der Waals surface area contributed by atoms with E-state index in [4.69, 9.17) is 5.73 Å². The average molecular weight is 262 g/mol. The van der Waals surface area contributed by atoms with Crippen molar-refractivity contribution < 1.29 is 0 Å². The fourth-order valence-electron chi connectivity index (χ4n) is 2.93. The average Bonchev–Trinajstić information content (AvgIpc) is 2.48. The van der Waals surface area contributed by atoms with Crippen molar-refractivity contribution in [1.29, 1.82) is 0 Å². The van der Waals surface area contributed by atoms with Crippen LogP contribution in [0.1, 0.15) is 25.5 Å². The molecular formula is C15H26N4. The lowest BCUT2D eigenvalue weighted by Gasteiger charge is -2.46. The second-order valence-corrected chi connectivity index (χ2v) is 5.54. The number of likely N-dealkylation sites (tertiary alicyclic amines) is 1. The molecule has 2 rings (SSSR count). The summed E-state index contributed by atoms with van der Waals surface area (Å²) in [6.45, 7) is 7.29. The molecule has 2 N–H and O–H groups in total. The van der Waals surface area contributed by atoms with Crippen LogP contribution in [0.25, 0.3) is 0 Å². The van der Waals surface area contributed by atoms with Crippen LogP contribution in [0.5, 0.6) is 0 Å². The van der Waals surface area contributed by atoms with Crippen molar-refractivity contribution in [1.82, 2.24) is 14.8 Å². The van der Waals surface area contributed by atoms with Gasteiger partial charge >= 0.3 is 0 Å². The number of hydrogen-bond donors (Lipinski definition) is 1. The van der Waals surface area contributed by atoms with Gasteiger partial charge in [-0.15, -0.1) is 0 Å². The minimum atomic E-state index is 0.142. The van der Waals surface area contributed by atoms with Gasteiger partial charge in [-0.05, 0) is 51.7 Å². The van der Waals surface area contributed by atoms with E-state index in [9.17, 15) is 0 Å². The Labute approximate surface area is 116 Å². The molecule has 0 atom stereocenters. The van der Waals surface area contributed by atoms with Crippen LogP contribution in [-0.4, -0.2) is 53.5 Å². The summed E-state index contributed by atoms with van der Waals surface area (Å²) in [5, 5.41) is 0. The van der Waals surface area contributed by atoms with Crippen molar-refractivity contribution in [2.75, 3.05) is 33.2 Å². The molecule has 0 radical (unpaired) electrons. The van der Waals surface area contributed by atoms with E-state index in [1.165, 1.54) is 0 Å². The summed E-state index contributed by atoms with van der Waals surface area (Å²) in [6.07, 6.45) is 4.17. The first-order valence-electron chi connectivity index (χ1n) is 7.24. The van der Waals surface area contributed by atoms with Gasteiger partial charge in [-0.1, -0.05) is 13.0 Å². The first kappa shape index (κ1) is 14.4. The van der Waals surface area contributed by atoms with E-state index in [1.807, 2.05) is 18.3 Å². The summed E-state index contributed by atoms with van der Waals surface area (Å²) >= 11 is 0. The number of hydrogen-bond acceptors (Lipinski definition) is 4. The predicted octanol–water partition coefficient (Wildman–Crippen LogP) is 1.33. The molecule has 1 aliphatic rings. The van der Waals surface area contributed by atoms with Crippen LogP contribution in [0, 0.1) is 0 Å². The Balaban J connectivity index is 2.01. The Hall–Kier alpha value is -0.970. The summed E-state index contributed by atoms with van der Waals surface area (Å²) < 4.78 is 0. The second kappa shape index (κ2) is 6.46. The van der Waals surface area contributed by atoms with Crippen molar-refractivity contribution in [2.24, 2.45) is 5.73 Å². The van der Waals surface area contributed by atoms with Crippen molar-refractivity contribution in [3.05, 3.63) is 30.1 Å². The van der Waals surface area contributed by atoms with Crippen LogP contribution in [0.3, 0.4) is 0 Å². The van der Waals surface area contributed by atoms with Gasteiger partial charge < -0.3 is 10.6 Å². The zero-order valence-corrected chi connectivity index (χ0v) is 12.2. The first-order valence-corrected chi connectivity index (χ1v) is 7.24. The number of aromatic nitrogens is 1. The second-order valence-electron chi connectivity index (χ2n) is 5.54. The molecule has 0 aliphatic carbocycles. The molecule has 19 heavy (non-hydrogen) atoms. The molecular weight excluding hydrogens is 236 g/mol. The van der Waals surface area contributed by atoms with Gasteiger partial charge in [-0.3, -0.25) is 9.88 Å². The fourth-order valence-corrected chi connectivity index (χ4v) is 2.93. The molecule has 0 saturated carbocycles. The molecule has 0 aromatic carbocycles. The molecule has 4 nitrogen and oxygen atoms in total. The molecule has 1 saturated heterocycles. The number of nitrogens with zero attached hydrogens (tertiary/aromatic N) is 3. The van der Waals surface area contributed by atoms with Gasteiger partial charge in [0.05, 0.1) is 5.69 Å². The summed E-state index contributed by atoms with van der Waals surface area (Å²) in [7, 11) is 2.18. The number of rotatable bonds is 5. The van der Waals surface area contributed by atoms with Crippen LogP contribution in [0.4, 0.5) is 0 Å². The maximum Gasteiger partial charge on any atom is 0.0544 e. The first-order chi connectivity index (χ1) is 9.20. The van der Waals surface area contributed by atoms with Gasteiger partial charge in [0, 0.05) is 24.8 Å². The highest BCUT2D eigenvalue weighted by Gasteiger charge is 2.36. The summed E-state index contributed by atoms with van der Waals surface area (Å²) in [4.78, 5) is 9.32. The van der Waals surface area contributed by atoms with Crippen molar-refractivity contribution >= 4 is 0 Å². The molecule has 0 spiro atoms.